The monoisotopic (exact) mass is 359 g/mol. The highest BCUT2D eigenvalue weighted by molar-refractivity contribution is 7.10. The van der Waals surface area contributed by atoms with E-state index in [9.17, 15) is 14.4 Å². The van der Waals surface area contributed by atoms with Crippen LogP contribution in [0.15, 0.2) is 27.4 Å². The molecule has 9 heteroatoms. The second-order valence-electron chi connectivity index (χ2n) is 6.18. The first-order valence-corrected chi connectivity index (χ1v) is 8.79. The van der Waals surface area contributed by atoms with Gasteiger partial charge in [-0.1, -0.05) is 0 Å². The summed E-state index contributed by atoms with van der Waals surface area (Å²) in [6.07, 6.45) is 2.31. The summed E-state index contributed by atoms with van der Waals surface area (Å²) in [7, 11) is 2.98. The van der Waals surface area contributed by atoms with Crippen molar-refractivity contribution in [2.24, 2.45) is 14.1 Å². The molecule has 0 N–H and O–H groups in total. The van der Waals surface area contributed by atoms with Gasteiger partial charge in [0, 0.05) is 32.1 Å². The molecule has 0 fully saturated rings. The van der Waals surface area contributed by atoms with Crippen molar-refractivity contribution in [3.8, 4) is 0 Å². The van der Waals surface area contributed by atoms with Gasteiger partial charge in [-0.2, -0.15) is 0 Å². The maximum atomic E-state index is 12.7. The van der Waals surface area contributed by atoms with Crippen LogP contribution in [0.4, 0.5) is 0 Å². The van der Waals surface area contributed by atoms with Crippen LogP contribution < -0.4 is 11.2 Å². The Morgan fingerprint density at radius 3 is 2.88 bits per heavy atom. The maximum absolute atomic E-state index is 12.7. The summed E-state index contributed by atoms with van der Waals surface area (Å²) in [5.41, 5.74) is 0.876. The van der Waals surface area contributed by atoms with Gasteiger partial charge in [0.05, 0.1) is 6.33 Å². The Bertz CT molecular complexity index is 1100. The van der Waals surface area contributed by atoms with Gasteiger partial charge in [0.15, 0.2) is 11.2 Å². The fraction of sp³-hybridized carbons (Fsp3) is 0.375. The molecule has 0 radical (unpaired) electrons. The van der Waals surface area contributed by atoms with Crippen molar-refractivity contribution in [3.05, 3.63) is 49.1 Å². The number of nitrogens with zero attached hydrogens (tertiary/aromatic N) is 5. The lowest BCUT2D eigenvalue weighted by Gasteiger charge is -2.27. The van der Waals surface area contributed by atoms with Crippen LogP contribution in [-0.2, 0) is 38.4 Å². The zero-order valence-corrected chi connectivity index (χ0v) is 14.7. The highest BCUT2D eigenvalue weighted by Gasteiger charge is 2.23. The molecule has 0 spiro atoms. The Kier molecular flexibility index (Phi) is 3.60. The zero-order chi connectivity index (χ0) is 17.7. The smallest absolute Gasteiger partial charge is 0.332 e. The minimum atomic E-state index is -0.442. The van der Waals surface area contributed by atoms with E-state index >= 15 is 0 Å². The SMILES string of the molecule is Cn1c(=O)c2c(ncn2CC(=O)N2CCc3sccc3C2)n(C)c1=O. The Balaban J connectivity index is 1.67. The summed E-state index contributed by atoms with van der Waals surface area (Å²) in [6, 6.07) is 2.05. The molecular formula is C16H17N5O3S. The van der Waals surface area contributed by atoms with Gasteiger partial charge >= 0.3 is 5.69 Å². The highest BCUT2D eigenvalue weighted by atomic mass is 32.1. The number of amides is 1. The molecular weight excluding hydrogens is 342 g/mol. The standard InChI is InChI=1S/C16H17N5O3S/c1-18-14-13(15(23)19(2)16(18)24)21(9-17-14)8-12(22)20-5-3-11-10(7-20)4-6-25-11/h4,6,9H,3,5,7-8H2,1-2H3. The van der Waals surface area contributed by atoms with E-state index in [1.54, 1.807) is 23.3 Å². The molecule has 0 atom stereocenters. The molecule has 4 heterocycles. The third-order valence-electron chi connectivity index (χ3n) is 4.68. The van der Waals surface area contributed by atoms with Crippen molar-refractivity contribution in [1.29, 1.82) is 0 Å². The lowest BCUT2D eigenvalue weighted by Crippen LogP contribution is -2.39. The summed E-state index contributed by atoms with van der Waals surface area (Å²) in [5.74, 6) is -0.0629. The van der Waals surface area contributed by atoms with E-state index in [-0.39, 0.29) is 18.0 Å². The Morgan fingerprint density at radius 2 is 2.08 bits per heavy atom. The second-order valence-corrected chi connectivity index (χ2v) is 7.19. The van der Waals surface area contributed by atoms with Crippen molar-refractivity contribution >= 4 is 28.4 Å². The van der Waals surface area contributed by atoms with Crippen molar-refractivity contribution in [3.63, 3.8) is 0 Å². The number of fused-ring (bicyclic) bond motifs is 2. The molecule has 130 valence electrons. The lowest BCUT2D eigenvalue weighted by molar-refractivity contribution is -0.132. The number of hydrogen-bond acceptors (Lipinski definition) is 5. The van der Waals surface area contributed by atoms with E-state index in [1.165, 1.54) is 32.9 Å². The average molecular weight is 359 g/mol. The molecule has 0 bridgehead atoms. The summed E-state index contributed by atoms with van der Waals surface area (Å²) in [4.78, 5) is 44.4. The van der Waals surface area contributed by atoms with Gasteiger partial charge in [-0.15, -0.1) is 11.3 Å². The number of hydrogen-bond donors (Lipinski definition) is 0. The summed E-state index contributed by atoms with van der Waals surface area (Å²) in [5, 5.41) is 2.05. The Hall–Kier alpha value is -2.68. The molecule has 0 aromatic carbocycles. The predicted molar refractivity (Wildman–Crippen MR) is 93.7 cm³/mol. The summed E-state index contributed by atoms with van der Waals surface area (Å²) >= 11 is 1.72. The van der Waals surface area contributed by atoms with Gasteiger partial charge < -0.3 is 9.47 Å². The molecule has 1 amide bonds. The lowest BCUT2D eigenvalue weighted by atomic mass is 10.1. The van der Waals surface area contributed by atoms with Crippen LogP contribution in [0.25, 0.3) is 11.2 Å². The third-order valence-corrected chi connectivity index (χ3v) is 5.71. The van der Waals surface area contributed by atoms with Gasteiger partial charge in [-0.25, -0.2) is 9.78 Å². The summed E-state index contributed by atoms with van der Waals surface area (Å²) in [6.45, 7) is 1.31. The number of rotatable bonds is 2. The third kappa shape index (κ3) is 2.42. The van der Waals surface area contributed by atoms with Gasteiger partial charge in [-0.05, 0) is 23.4 Å². The first-order chi connectivity index (χ1) is 12.0. The minimum absolute atomic E-state index is 0.0312. The maximum Gasteiger partial charge on any atom is 0.332 e. The van der Waals surface area contributed by atoms with Crippen LogP contribution in [0.1, 0.15) is 10.4 Å². The Labute approximate surface area is 146 Å². The van der Waals surface area contributed by atoms with Crippen molar-refractivity contribution in [2.75, 3.05) is 6.54 Å². The van der Waals surface area contributed by atoms with E-state index < -0.39 is 11.2 Å². The topological polar surface area (TPSA) is 82.1 Å². The molecule has 25 heavy (non-hydrogen) atoms. The number of carbonyl (C=O) groups is 1. The second kappa shape index (κ2) is 5.69. The Morgan fingerprint density at radius 1 is 1.28 bits per heavy atom. The van der Waals surface area contributed by atoms with Gasteiger partial charge in [0.2, 0.25) is 5.91 Å². The van der Waals surface area contributed by atoms with Crippen LogP contribution >= 0.6 is 11.3 Å². The summed E-state index contributed by atoms with van der Waals surface area (Å²) < 4.78 is 3.88. The number of aryl methyl sites for hydroxylation is 1. The van der Waals surface area contributed by atoms with Crippen LogP contribution in [-0.4, -0.2) is 36.0 Å². The van der Waals surface area contributed by atoms with Gasteiger partial charge in [-0.3, -0.25) is 18.7 Å². The molecule has 0 unspecified atom stereocenters. The van der Waals surface area contributed by atoms with Crippen LogP contribution in [0.5, 0.6) is 0 Å². The van der Waals surface area contributed by atoms with Gasteiger partial charge in [0.1, 0.15) is 6.54 Å². The molecule has 4 rings (SSSR count). The highest BCUT2D eigenvalue weighted by Crippen LogP contribution is 2.24. The normalized spacial score (nSPS) is 14.1. The number of aromatic nitrogens is 4. The first kappa shape index (κ1) is 15.8. The fourth-order valence-electron chi connectivity index (χ4n) is 3.22. The average Bonchev–Trinajstić information content (AvgIpc) is 3.24. The zero-order valence-electron chi connectivity index (χ0n) is 13.9. The van der Waals surface area contributed by atoms with Crippen LogP contribution in [0, 0.1) is 0 Å². The van der Waals surface area contributed by atoms with Crippen LogP contribution in [0.2, 0.25) is 0 Å². The van der Waals surface area contributed by atoms with Crippen molar-refractivity contribution < 1.29 is 4.79 Å². The largest absolute Gasteiger partial charge is 0.336 e. The molecule has 1 aliphatic heterocycles. The fourth-order valence-corrected chi connectivity index (χ4v) is 4.11. The van der Waals surface area contributed by atoms with E-state index in [0.29, 0.717) is 18.7 Å². The van der Waals surface area contributed by atoms with E-state index in [0.717, 1.165) is 11.0 Å². The van der Waals surface area contributed by atoms with Crippen molar-refractivity contribution in [2.45, 2.75) is 19.5 Å². The number of thiophene rings is 1. The van der Waals surface area contributed by atoms with Crippen LogP contribution in [0.3, 0.4) is 0 Å². The van der Waals surface area contributed by atoms with E-state index in [4.69, 9.17) is 0 Å². The molecule has 3 aromatic heterocycles. The molecule has 0 aliphatic carbocycles. The van der Waals surface area contributed by atoms with E-state index in [2.05, 4.69) is 11.1 Å². The quantitative estimate of drug-likeness (QED) is 0.649. The molecule has 1 aliphatic rings. The predicted octanol–water partition coefficient (Wildman–Crippen LogP) is 0.0801. The van der Waals surface area contributed by atoms with Crippen molar-refractivity contribution in [1.82, 2.24) is 23.6 Å². The van der Waals surface area contributed by atoms with Gasteiger partial charge in [0.25, 0.3) is 5.56 Å². The molecule has 0 saturated heterocycles. The first-order valence-electron chi connectivity index (χ1n) is 7.91. The minimum Gasteiger partial charge on any atom is -0.336 e. The number of imidazole rings is 1. The number of carbonyl (C=O) groups excluding carboxylic acids is 1. The molecule has 0 saturated carbocycles. The molecule has 3 aromatic rings. The molecule has 8 nitrogen and oxygen atoms in total. The van der Waals surface area contributed by atoms with E-state index in [1.807, 2.05) is 5.38 Å².